The lowest BCUT2D eigenvalue weighted by Crippen LogP contribution is -2.33. The van der Waals surface area contributed by atoms with Crippen molar-refractivity contribution in [3.63, 3.8) is 0 Å². The number of amides is 1. The van der Waals surface area contributed by atoms with Crippen molar-refractivity contribution in [1.29, 1.82) is 0 Å². The van der Waals surface area contributed by atoms with E-state index in [0.29, 0.717) is 19.8 Å². The zero-order chi connectivity index (χ0) is 20.8. The van der Waals surface area contributed by atoms with Crippen LogP contribution < -0.4 is 14.8 Å². The smallest absolute Gasteiger partial charge is 0.244 e. The summed E-state index contributed by atoms with van der Waals surface area (Å²) in [5.74, 6) is 1.91. The molecule has 2 aromatic carbocycles. The van der Waals surface area contributed by atoms with Gasteiger partial charge in [-0.1, -0.05) is 30.3 Å². The molecular formula is C24H24N2O3S. The minimum absolute atomic E-state index is 0.104. The second-order valence-corrected chi connectivity index (χ2v) is 8.35. The number of nitrogens with one attached hydrogen (secondary N) is 1. The molecule has 0 saturated heterocycles. The summed E-state index contributed by atoms with van der Waals surface area (Å²) in [6.07, 6.45) is 4.28. The quantitative estimate of drug-likeness (QED) is 0.575. The third-order valence-corrected chi connectivity index (χ3v) is 5.70. The Labute approximate surface area is 180 Å². The first-order valence-corrected chi connectivity index (χ1v) is 10.8. The molecule has 0 aliphatic carbocycles. The molecule has 4 rings (SSSR count). The first-order valence-electron chi connectivity index (χ1n) is 9.96. The van der Waals surface area contributed by atoms with Gasteiger partial charge >= 0.3 is 0 Å². The molecule has 1 N–H and O–H groups in total. The van der Waals surface area contributed by atoms with Crippen molar-refractivity contribution in [1.82, 2.24) is 10.3 Å². The molecule has 30 heavy (non-hydrogen) atoms. The van der Waals surface area contributed by atoms with Crippen LogP contribution in [0.4, 0.5) is 0 Å². The molecule has 0 saturated carbocycles. The molecule has 2 heterocycles. The highest BCUT2D eigenvalue weighted by molar-refractivity contribution is 7.09. The fourth-order valence-corrected chi connectivity index (χ4v) is 3.90. The minimum atomic E-state index is -0.104. The molecule has 154 valence electrons. The van der Waals surface area contributed by atoms with E-state index in [1.807, 2.05) is 54.8 Å². The van der Waals surface area contributed by atoms with Crippen LogP contribution in [0, 0.1) is 12.8 Å². The van der Waals surface area contributed by atoms with Gasteiger partial charge in [-0.15, -0.1) is 11.3 Å². The predicted molar refractivity (Wildman–Crippen MR) is 119 cm³/mol. The van der Waals surface area contributed by atoms with Gasteiger partial charge in [0.05, 0.1) is 17.3 Å². The number of nitrogens with zero attached hydrogens (tertiary/aromatic N) is 1. The summed E-state index contributed by atoms with van der Waals surface area (Å²) in [4.78, 5) is 16.5. The lowest BCUT2D eigenvalue weighted by molar-refractivity contribution is -0.116. The highest BCUT2D eigenvalue weighted by atomic mass is 32.1. The van der Waals surface area contributed by atoms with Crippen molar-refractivity contribution in [3.05, 3.63) is 81.8 Å². The van der Waals surface area contributed by atoms with Gasteiger partial charge in [-0.2, -0.15) is 0 Å². The van der Waals surface area contributed by atoms with Gasteiger partial charge in [0.2, 0.25) is 5.91 Å². The van der Waals surface area contributed by atoms with Crippen LogP contribution in [0.15, 0.2) is 60.0 Å². The molecule has 1 amide bonds. The number of hydrogen-bond acceptors (Lipinski definition) is 5. The van der Waals surface area contributed by atoms with Gasteiger partial charge in [-0.05, 0) is 48.7 Å². The molecule has 0 fully saturated rings. The molecule has 0 spiro atoms. The van der Waals surface area contributed by atoms with E-state index in [1.54, 1.807) is 23.5 Å². The monoisotopic (exact) mass is 420 g/mol. The van der Waals surface area contributed by atoms with Crippen LogP contribution in [-0.2, 0) is 17.8 Å². The zero-order valence-electron chi connectivity index (χ0n) is 16.8. The van der Waals surface area contributed by atoms with Gasteiger partial charge in [0, 0.05) is 23.9 Å². The molecular weight excluding hydrogens is 396 g/mol. The number of rotatable bonds is 7. The van der Waals surface area contributed by atoms with E-state index in [-0.39, 0.29) is 11.8 Å². The van der Waals surface area contributed by atoms with Crippen molar-refractivity contribution >= 4 is 23.3 Å². The Hall–Kier alpha value is -3.12. The molecule has 0 bridgehead atoms. The second-order valence-electron chi connectivity index (χ2n) is 7.28. The fourth-order valence-electron chi connectivity index (χ4n) is 3.30. The molecule has 1 aromatic heterocycles. The summed E-state index contributed by atoms with van der Waals surface area (Å²) in [6, 6.07) is 15.7. The minimum Gasteiger partial charge on any atom is -0.493 e. The Morgan fingerprint density at radius 2 is 2.10 bits per heavy atom. The maximum absolute atomic E-state index is 12.2. The number of aryl methyl sites for hydroxylation is 1. The van der Waals surface area contributed by atoms with Gasteiger partial charge in [-0.3, -0.25) is 4.79 Å². The predicted octanol–water partition coefficient (Wildman–Crippen LogP) is 4.41. The molecule has 1 aliphatic rings. The van der Waals surface area contributed by atoms with E-state index in [4.69, 9.17) is 9.47 Å². The molecule has 1 aliphatic heterocycles. The van der Waals surface area contributed by atoms with Crippen LogP contribution in [0.5, 0.6) is 11.5 Å². The van der Waals surface area contributed by atoms with Gasteiger partial charge < -0.3 is 14.8 Å². The van der Waals surface area contributed by atoms with Crippen molar-refractivity contribution < 1.29 is 14.3 Å². The van der Waals surface area contributed by atoms with Gasteiger partial charge in [0.1, 0.15) is 18.1 Å². The number of hydrogen-bond donors (Lipinski definition) is 1. The lowest BCUT2D eigenvalue weighted by Gasteiger charge is -2.25. The first kappa shape index (κ1) is 20.2. The largest absolute Gasteiger partial charge is 0.493 e. The molecule has 5 nitrogen and oxygen atoms in total. The van der Waals surface area contributed by atoms with Gasteiger partial charge in [-0.25, -0.2) is 4.98 Å². The third-order valence-electron chi connectivity index (χ3n) is 4.88. The number of thiazole rings is 1. The van der Waals surface area contributed by atoms with E-state index in [2.05, 4.69) is 16.4 Å². The van der Waals surface area contributed by atoms with Crippen molar-refractivity contribution in [3.8, 4) is 11.5 Å². The summed E-state index contributed by atoms with van der Waals surface area (Å²) >= 11 is 1.62. The van der Waals surface area contributed by atoms with Crippen LogP contribution in [0.1, 0.15) is 21.8 Å². The van der Waals surface area contributed by atoms with E-state index >= 15 is 0 Å². The number of fused-ring (bicyclic) bond motifs is 1. The van der Waals surface area contributed by atoms with Crippen LogP contribution in [0.25, 0.3) is 6.08 Å². The van der Waals surface area contributed by atoms with Crippen LogP contribution in [0.2, 0.25) is 0 Å². The molecule has 0 radical (unpaired) electrons. The Kier molecular flexibility index (Phi) is 6.44. The summed E-state index contributed by atoms with van der Waals surface area (Å²) in [7, 11) is 0. The number of benzene rings is 2. The molecule has 3 aromatic rings. The number of carbonyl (C=O) groups excluding carboxylic acids is 1. The number of carbonyl (C=O) groups is 1. The van der Waals surface area contributed by atoms with Gasteiger partial charge in [0.25, 0.3) is 0 Å². The third kappa shape index (κ3) is 5.48. The maximum atomic E-state index is 12.2. The summed E-state index contributed by atoms with van der Waals surface area (Å²) in [5, 5.41) is 6.01. The van der Waals surface area contributed by atoms with Crippen molar-refractivity contribution in [2.75, 3.05) is 13.2 Å². The second kappa shape index (κ2) is 9.59. The number of ether oxygens (including phenoxy) is 2. The van der Waals surface area contributed by atoms with Crippen molar-refractivity contribution in [2.24, 2.45) is 5.92 Å². The van der Waals surface area contributed by atoms with Gasteiger partial charge in [0.15, 0.2) is 0 Å². The van der Waals surface area contributed by atoms with E-state index in [0.717, 1.165) is 34.2 Å². The first-order chi connectivity index (χ1) is 14.7. The standard InChI is InChI=1S/C24H24N2O3S/c1-17-26-21(16-30-17)15-28-22-9-6-18(7-10-22)8-11-24(27)25-13-19-12-20-4-2-3-5-23(20)29-14-19/h2-11,16,19H,12-15H2,1H3,(H,25,27)/b11-8+. The van der Waals surface area contributed by atoms with E-state index in [1.165, 1.54) is 5.56 Å². The topological polar surface area (TPSA) is 60.5 Å². The van der Waals surface area contributed by atoms with E-state index in [9.17, 15) is 4.79 Å². The van der Waals surface area contributed by atoms with E-state index < -0.39 is 0 Å². The fraction of sp³-hybridized carbons (Fsp3) is 0.250. The molecule has 1 unspecified atom stereocenters. The number of aromatic nitrogens is 1. The lowest BCUT2D eigenvalue weighted by atomic mass is 9.97. The Morgan fingerprint density at radius 1 is 1.27 bits per heavy atom. The SMILES string of the molecule is Cc1nc(COc2ccc(/C=C/C(=O)NCC3COc4ccccc4C3)cc2)cs1. The van der Waals surface area contributed by atoms with Crippen LogP contribution >= 0.6 is 11.3 Å². The summed E-state index contributed by atoms with van der Waals surface area (Å²) < 4.78 is 11.5. The average Bonchev–Trinajstić information content (AvgIpc) is 3.20. The highest BCUT2D eigenvalue weighted by Gasteiger charge is 2.19. The van der Waals surface area contributed by atoms with Crippen molar-refractivity contribution in [2.45, 2.75) is 20.0 Å². The Balaban J connectivity index is 1.22. The normalized spacial score (nSPS) is 15.4. The maximum Gasteiger partial charge on any atom is 0.244 e. The Morgan fingerprint density at radius 3 is 2.90 bits per heavy atom. The van der Waals surface area contributed by atoms with Crippen LogP contribution in [0.3, 0.4) is 0 Å². The highest BCUT2D eigenvalue weighted by Crippen LogP contribution is 2.26. The summed E-state index contributed by atoms with van der Waals surface area (Å²) in [5.41, 5.74) is 3.08. The molecule has 6 heteroatoms. The zero-order valence-corrected chi connectivity index (χ0v) is 17.7. The number of para-hydroxylation sites is 1. The van der Waals surface area contributed by atoms with Crippen LogP contribution in [-0.4, -0.2) is 24.0 Å². The average molecular weight is 421 g/mol. The molecule has 1 atom stereocenters. The Bertz CT molecular complexity index is 1030. The summed E-state index contributed by atoms with van der Waals surface area (Å²) in [6.45, 7) is 3.66.